The quantitative estimate of drug-likeness (QED) is 0.866. The zero-order chi connectivity index (χ0) is 17.1. The maximum Gasteiger partial charge on any atom is 0.256 e. The summed E-state index contributed by atoms with van der Waals surface area (Å²) in [4.78, 5) is 12.3. The van der Waals surface area contributed by atoms with Gasteiger partial charge in [-0.25, -0.2) is 4.39 Å². The molecular weight excluding hydrogens is 333 g/mol. The van der Waals surface area contributed by atoms with Crippen LogP contribution in [0.3, 0.4) is 0 Å². The molecule has 0 unspecified atom stereocenters. The number of halogens is 1. The van der Waals surface area contributed by atoms with Crippen LogP contribution in [-0.4, -0.2) is 30.7 Å². The fraction of sp³-hybridized carbons (Fsp3) is 0.375. The number of fused-ring (bicyclic) bond motifs is 1. The van der Waals surface area contributed by atoms with Crippen LogP contribution in [0.25, 0.3) is 0 Å². The van der Waals surface area contributed by atoms with Crippen molar-refractivity contribution in [3.8, 4) is 5.75 Å². The number of benzene rings is 1. The molecule has 2 N–H and O–H groups in total. The van der Waals surface area contributed by atoms with E-state index in [1.807, 2.05) is 0 Å². The first-order valence-electron chi connectivity index (χ1n) is 7.54. The number of hydrogen-bond acceptors (Lipinski definition) is 6. The van der Waals surface area contributed by atoms with Crippen LogP contribution in [0.15, 0.2) is 12.1 Å². The summed E-state index contributed by atoms with van der Waals surface area (Å²) in [5, 5.41) is 6.55. The van der Waals surface area contributed by atoms with Crippen LogP contribution in [0.2, 0.25) is 0 Å². The average Bonchev–Trinajstić information content (AvgIpc) is 2.95. The fourth-order valence-electron chi connectivity index (χ4n) is 2.65. The van der Waals surface area contributed by atoms with Gasteiger partial charge in [0.1, 0.15) is 16.6 Å². The molecule has 3 rings (SSSR count). The lowest BCUT2D eigenvalue weighted by Crippen LogP contribution is -2.27. The summed E-state index contributed by atoms with van der Waals surface area (Å²) >= 11 is 1.25. The van der Waals surface area contributed by atoms with Gasteiger partial charge in [0.05, 0.1) is 17.9 Å². The van der Waals surface area contributed by atoms with Crippen LogP contribution in [0.5, 0.6) is 5.75 Å². The van der Waals surface area contributed by atoms with Crippen molar-refractivity contribution in [1.82, 2.24) is 9.69 Å². The highest BCUT2D eigenvalue weighted by Crippen LogP contribution is 2.29. The Kier molecular flexibility index (Phi) is 4.96. The molecule has 1 aliphatic heterocycles. The number of nitrogens with one attached hydrogen (secondary N) is 2. The second-order valence-corrected chi connectivity index (χ2v) is 6.17. The minimum absolute atomic E-state index is 0.156. The number of rotatable bonds is 5. The Morgan fingerprint density at radius 1 is 1.46 bits per heavy atom. The number of hydrogen-bond donors (Lipinski definition) is 2. The second-order valence-electron chi connectivity index (χ2n) is 5.39. The van der Waals surface area contributed by atoms with E-state index >= 15 is 0 Å². The predicted molar refractivity (Wildman–Crippen MR) is 89.1 cm³/mol. The molecule has 1 aliphatic rings. The largest absolute Gasteiger partial charge is 0.467 e. The third kappa shape index (κ3) is 3.34. The normalized spacial score (nSPS) is 13.1. The number of anilines is 1. The van der Waals surface area contributed by atoms with Gasteiger partial charge >= 0.3 is 0 Å². The van der Waals surface area contributed by atoms with E-state index in [4.69, 9.17) is 9.47 Å². The van der Waals surface area contributed by atoms with Crippen molar-refractivity contribution in [2.24, 2.45) is 0 Å². The first kappa shape index (κ1) is 16.7. The summed E-state index contributed by atoms with van der Waals surface area (Å²) in [7, 11) is 1.75. The van der Waals surface area contributed by atoms with Gasteiger partial charge in [-0.15, -0.1) is 0 Å². The molecule has 0 bridgehead atoms. The SMILES string of the molecule is CNc1snc(C)c1C(=O)NCCc1cc(F)cc2c1OCOC2. The Balaban J connectivity index is 1.68. The number of carbonyl (C=O) groups excluding carboxylic acids is 1. The van der Waals surface area contributed by atoms with Gasteiger partial charge < -0.3 is 20.1 Å². The summed E-state index contributed by atoms with van der Waals surface area (Å²) in [6.07, 6.45) is 0.470. The Morgan fingerprint density at radius 2 is 2.29 bits per heavy atom. The van der Waals surface area contributed by atoms with Crippen LogP contribution >= 0.6 is 11.5 Å². The lowest BCUT2D eigenvalue weighted by molar-refractivity contribution is -0.0172. The highest BCUT2D eigenvalue weighted by molar-refractivity contribution is 7.10. The topological polar surface area (TPSA) is 72.5 Å². The first-order chi connectivity index (χ1) is 11.6. The molecule has 2 aromatic rings. The Bertz CT molecular complexity index is 763. The molecule has 1 amide bonds. The Hall–Kier alpha value is -2.19. The minimum atomic E-state index is -0.334. The van der Waals surface area contributed by atoms with E-state index in [1.165, 1.54) is 23.7 Å². The molecule has 0 fully saturated rings. The standard InChI is InChI=1S/C16H18FN3O3S/c1-9-13(16(18-2)24-20-9)15(21)19-4-3-10-5-12(17)6-11-7-22-8-23-14(10)11/h5-6,18H,3-4,7-8H2,1-2H3,(H,19,21). The molecule has 0 radical (unpaired) electrons. The van der Waals surface area contributed by atoms with Gasteiger partial charge in [-0.2, -0.15) is 4.37 Å². The minimum Gasteiger partial charge on any atom is -0.467 e. The molecule has 1 aromatic heterocycles. The summed E-state index contributed by atoms with van der Waals surface area (Å²) in [5.41, 5.74) is 2.65. The van der Waals surface area contributed by atoms with Crippen molar-refractivity contribution in [3.05, 3.63) is 40.3 Å². The molecule has 2 heterocycles. The smallest absolute Gasteiger partial charge is 0.256 e. The number of ether oxygens (including phenoxy) is 2. The fourth-order valence-corrected chi connectivity index (χ4v) is 3.39. The highest BCUT2D eigenvalue weighted by Gasteiger charge is 2.19. The Labute approximate surface area is 143 Å². The number of aryl methyl sites for hydroxylation is 1. The first-order valence-corrected chi connectivity index (χ1v) is 8.31. The van der Waals surface area contributed by atoms with Crippen molar-refractivity contribution in [1.29, 1.82) is 0 Å². The van der Waals surface area contributed by atoms with Crippen LogP contribution in [0.1, 0.15) is 27.2 Å². The molecule has 1 aromatic carbocycles. The van der Waals surface area contributed by atoms with Crippen molar-refractivity contribution < 1.29 is 18.7 Å². The van der Waals surface area contributed by atoms with E-state index in [0.29, 0.717) is 42.1 Å². The second kappa shape index (κ2) is 7.14. The van der Waals surface area contributed by atoms with Crippen LogP contribution < -0.4 is 15.4 Å². The maximum absolute atomic E-state index is 13.7. The third-order valence-corrected chi connectivity index (χ3v) is 4.70. The number of amides is 1. The van der Waals surface area contributed by atoms with E-state index in [1.54, 1.807) is 14.0 Å². The van der Waals surface area contributed by atoms with Gasteiger partial charge in [-0.1, -0.05) is 0 Å². The van der Waals surface area contributed by atoms with E-state index in [9.17, 15) is 9.18 Å². The predicted octanol–water partition coefficient (Wildman–Crippen LogP) is 2.47. The number of carbonyl (C=O) groups is 1. The molecule has 6 nitrogen and oxygen atoms in total. The van der Waals surface area contributed by atoms with Crippen molar-refractivity contribution in [2.45, 2.75) is 20.0 Å². The van der Waals surface area contributed by atoms with Gasteiger partial charge in [0, 0.05) is 19.2 Å². The van der Waals surface area contributed by atoms with E-state index in [-0.39, 0.29) is 18.5 Å². The number of aromatic nitrogens is 1. The third-order valence-electron chi connectivity index (χ3n) is 3.75. The van der Waals surface area contributed by atoms with E-state index < -0.39 is 0 Å². The lowest BCUT2D eigenvalue weighted by atomic mass is 10.1. The Morgan fingerprint density at radius 3 is 3.08 bits per heavy atom. The molecule has 0 saturated heterocycles. The summed E-state index contributed by atoms with van der Waals surface area (Å²) in [6.45, 7) is 2.65. The van der Waals surface area contributed by atoms with Gasteiger partial charge in [0.2, 0.25) is 0 Å². The lowest BCUT2D eigenvalue weighted by Gasteiger charge is -2.21. The van der Waals surface area contributed by atoms with E-state index in [0.717, 1.165) is 10.6 Å². The molecule has 128 valence electrons. The molecule has 0 atom stereocenters. The van der Waals surface area contributed by atoms with Crippen molar-refractivity contribution >= 4 is 22.4 Å². The van der Waals surface area contributed by atoms with Crippen molar-refractivity contribution in [3.63, 3.8) is 0 Å². The van der Waals surface area contributed by atoms with Gasteiger partial charge in [-0.05, 0) is 42.6 Å². The monoisotopic (exact) mass is 351 g/mol. The van der Waals surface area contributed by atoms with Crippen molar-refractivity contribution in [2.75, 3.05) is 25.7 Å². The van der Waals surface area contributed by atoms with Crippen LogP contribution in [0.4, 0.5) is 9.39 Å². The summed E-state index contributed by atoms with van der Waals surface area (Å²) in [5.74, 6) is 0.126. The average molecular weight is 351 g/mol. The molecule has 8 heteroatoms. The highest BCUT2D eigenvalue weighted by atomic mass is 32.1. The van der Waals surface area contributed by atoms with Crippen LogP contribution in [-0.2, 0) is 17.8 Å². The summed E-state index contributed by atoms with van der Waals surface area (Å²) < 4.78 is 28.5. The van der Waals surface area contributed by atoms with Crippen LogP contribution in [0, 0.1) is 12.7 Å². The van der Waals surface area contributed by atoms with Gasteiger partial charge in [0.25, 0.3) is 5.91 Å². The number of nitrogens with zero attached hydrogens (tertiary/aromatic N) is 1. The molecule has 0 aliphatic carbocycles. The van der Waals surface area contributed by atoms with E-state index in [2.05, 4.69) is 15.0 Å². The maximum atomic E-state index is 13.7. The summed E-state index contributed by atoms with van der Waals surface area (Å²) in [6, 6.07) is 2.85. The zero-order valence-electron chi connectivity index (χ0n) is 13.4. The zero-order valence-corrected chi connectivity index (χ0v) is 14.3. The molecule has 24 heavy (non-hydrogen) atoms. The van der Waals surface area contributed by atoms with Gasteiger partial charge in [0.15, 0.2) is 6.79 Å². The molecular formula is C16H18FN3O3S. The van der Waals surface area contributed by atoms with Gasteiger partial charge in [-0.3, -0.25) is 4.79 Å². The molecule has 0 saturated carbocycles. The molecule has 0 spiro atoms.